The number of rotatable bonds is 6. The average Bonchev–Trinajstić information content (AvgIpc) is 3.15. The molecular weight excluding hydrogens is 428 g/mol. The van der Waals surface area contributed by atoms with E-state index < -0.39 is 6.04 Å². The Balaban J connectivity index is 1.26. The number of fused-ring (bicyclic) bond motifs is 1. The highest BCUT2D eigenvalue weighted by molar-refractivity contribution is 6.30. The molecule has 172 valence electrons. The minimum absolute atomic E-state index is 0.0347. The molecule has 2 amide bonds. The molecule has 3 heterocycles. The lowest BCUT2D eigenvalue weighted by Gasteiger charge is -2.37. The topological polar surface area (TPSA) is 73.7 Å². The van der Waals surface area contributed by atoms with Crippen molar-refractivity contribution < 1.29 is 9.59 Å². The van der Waals surface area contributed by atoms with Crippen LogP contribution in [0, 0.1) is 13.8 Å². The summed E-state index contributed by atoms with van der Waals surface area (Å²) in [5, 5.41) is 8.18. The molecule has 0 aliphatic carbocycles. The van der Waals surface area contributed by atoms with Crippen LogP contribution in [0.3, 0.4) is 0 Å². The largest absolute Gasteiger partial charge is 0.369 e. The Bertz CT molecular complexity index is 998. The van der Waals surface area contributed by atoms with Crippen molar-refractivity contribution in [3.8, 4) is 0 Å². The van der Waals surface area contributed by atoms with Crippen LogP contribution in [0.25, 0.3) is 0 Å². The van der Waals surface area contributed by atoms with Gasteiger partial charge in [0.15, 0.2) is 0 Å². The molecule has 2 aliphatic heterocycles. The van der Waals surface area contributed by atoms with E-state index in [2.05, 4.69) is 33.2 Å². The van der Waals surface area contributed by atoms with Crippen LogP contribution in [-0.2, 0) is 16.1 Å². The third kappa shape index (κ3) is 4.76. The minimum atomic E-state index is -0.569. The quantitative estimate of drug-likeness (QED) is 0.718. The van der Waals surface area contributed by atoms with Crippen molar-refractivity contribution in [1.82, 2.24) is 20.0 Å². The van der Waals surface area contributed by atoms with E-state index in [1.807, 2.05) is 29.8 Å². The van der Waals surface area contributed by atoms with Gasteiger partial charge in [0.2, 0.25) is 11.8 Å². The second kappa shape index (κ2) is 9.50. The summed E-state index contributed by atoms with van der Waals surface area (Å²) in [5.74, 6) is 0.528. The number of aromatic nitrogens is 2. The van der Waals surface area contributed by atoms with Crippen LogP contribution in [0.4, 0.5) is 11.5 Å². The Morgan fingerprint density at radius 3 is 2.66 bits per heavy atom. The predicted octanol–water partition coefficient (Wildman–Crippen LogP) is 2.22. The number of benzene rings is 1. The zero-order valence-electron chi connectivity index (χ0n) is 19.0. The van der Waals surface area contributed by atoms with Gasteiger partial charge in [-0.25, -0.2) is 4.68 Å². The molecule has 0 saturated carbocycles. The van der Waals surface area contributed by atoms with Crippen molar-refractivity contribution in [2.45, 2.75) is 39.8 Å². The number of nitrogens with one attached hydrogen (secondary N) is 1. The lowest BCUT2D eigenvalue weighted by atomic mass is 10.1. The van der Waals surface area contributed by atoms with Crippen LogP contribution < -0.4 is 15.1 Å². The standard InChI is InChI=1S/C23H31ClN6O2/c1-16-4-5-19(24)15-20(16)28-12-10-27(11-13-28)9-7-25-23(32)18(3)30-21-14-17(2)26-29(21)8-6-22(30)31/h4-5,14-15,18H,6-13H2,1-3H3,(H,25,32)/t18-/m0/s1. The number of piperazine rings is 1. The summed E-state index contributed by atoms with van der Waals surface area (Å²) >= 11 is 6.18. The summed E-state index contributed by atoms with van der Waals surface area (Å²) in [5.41, 5.74) is 3.27. The maximum atomic E-state index is 12.8. The molecule has 9 heteroatoms. The number of carbonyl (C=O) groups is 2. The van der Waals surface area contributed by atoms with Crippen molar-refractivity contribution >= 4 is 34.9 Å². The number of halogens is 1. The number of aryl methyl sites for hydroxylation is 3. The average molecular weight is 459 g/mol. The number of anilines is 2. The molecule has 1 saturated heterocycles. The maximum absolute atomic E-state index is 12.8. The smallest absolute Gasteiger partial charge is 0.243 e. The van der Waals surface area contributed by atoms with Crippen molar-refractivity contribution in [2.75, 3.05) is 49.1 Å². The number of carbonyl (C=O) groups excluding carboxylic acids is 2. The summed E-state index contributed by atoms with van der Waals surface area (Å²) in [6.45, 7) is 11.4. The fourth-order valence-corrected chi connectivity index (χ4v) is 4.66. The summed E-state index contributed by atoms with van der Waals surface area (Å²) in [4.78, 5) is 31.6. The highest BCUT2D eigenvalue weighted by atomic mass is 35.5. The molecule has 0 spiro atoms. The van der Waals surface area contributed by atoms with E-state index in [4.69, 9.17) is 11.6 Å². The molecule has 1 N–H and O–H groups in total. The van der Waals surface area contributed by atoms with E-state index in [0.29, 0.717) is 25.3 Å². The van der Waals surface area contributed by atoms with Gasteiger partial charge in [0, 0.05) is 62.5 Å². The van der Waals surface area contributed by atoms with Gasteiger partial charge in [0.25, 0.3) is 0 Å². The number of nitrogens with zero attached hydrogens (tertiary/aromatic N) is 5. The van der Waals surface area contributed by atoms with Gasteiger partial charge in [-0.05, 0) is 38.5 Å². The fourth-order valence-electron chi connectivity index (χ4n) is 4.49. The molecule has 1 aromatic heterocycles. The Morgan fingerprint density at radius 2 is 1.91 bits per heavy atom. The van der Waals surface area contributed by atoms with Gasteiger partial charge in [0.1, 0.15) is 11.9 Å². The summed E-state index contributed by atoms with van der Waals surface area (Å²) in [6.07, 6.45) is 0.363. The first kappa shape index (κ1) is 22.6. The fraction of sp³-hybridized carbons (Fsp3) is 0.522. The Hall–Kier alpha value is -2.58. The molecule has 32 heavy (non-hydrogen) atoms. The number of amides is 2. The highest BCUT2D eigenvalue weighted by Gasteiger charge is 2.33. The van der Waals surface area contributed by atoms with Crippen LogP contribution in [-0.4, -0.2) is 71.8 Å². The lowest BCUT2D eigenvalue weighted by molar-refractivity contribution is -0.126. The molecule has 0 unspecified atom stereocenters. The monoisotopic (exact) mass is 458 g/mol. The second-order valence-electron chi connectivity index (χ2n) is 8.61. The van der Waals surface area contributed by atoms with E-state index in [0.717, 1.165) is 43.4 Å². The molecule has 1 atom stereocenters. The third-order valence-corrected chi connectivity index (χ3v) is 6.55. The van der Waals surface area contributed by atoms with E-state index >= 15 is 0 Å². The number of hydrogen-bond donors (Lipinski definition) is 1. The summed E-state index contributed by atoms with van der Waals surface area (Å²) < 4.78 is 1.81. The van der Waals surface area contributed by atoms with Gasteiger partial charge in [-0.1, -0.05) is 17.7 Å². The molecule has 8 nitrogen and oxygen atoms in total. The van der Waals surface area contributed by atoms with Gasteiger partial charge >= 0.3 is 0 Å². The van der Waals surface area contributed by atoms with Crippen LogP contribution >= 0.6 is 11.6 Å². The predicted molar refractivity (Wildman–Crippen MR) is 126 cm³/mol. The molecule has 0 bridgehead atoms. The zero-order chi connectivity index (χ0) is 22.8. The second-order valence-corrected chi connectivity index (χ2v) is 9.04. The van der Waals surface area contributed by atoms with E-state index in [1.54, 1.807) is 11.8 Å². The first-order valence-electron chi connectivity index (χ1n) is 11.2. The zero-order valence-corrected chi connectivity index (χ0v) is 19.7. The summed E-state index contributed by atoms with van der Waals surface area (Å²) in [7, 11) is 0. The van der Waals surface area contributed by atoms with Crippen LogP contribution in [0.5, 0.6) is 0 Å². The Morgan fingerprint density at radius 1 is 1.16 bits per heavy atom. The van der Waals surface area contributed by atoms with Gasteiger partial charge in [-0.3, -0.25) is 19.4 Å². The molecule has 2 aliphatic rings. The third-order valence-electron chi connectivity index (χ3n) is 6.31. The van der Waals surface area contributed by atoms with E-state index in [1.165, 1.54) is 11.3 Å². The first-order chi connectivity index (χ1) is 15.3. The maximum Gasteiger partial charge on any atom is 0.243 e. The molecule has 0 radical (unpaired) electrons. The van der Waals surface area contributed by atoms with Crippen molar-refractivity contribution in [3.63, 3.8) is 0 Å². The molecule has 4 rings (SSSR count). The van der Waals surface area contributed by atoms with Gasteiger partial charge in [0.05, 0.1) is 12.2 Å². The van der Waals surface area contributed by atoms with Gasteiger partial charge in [-0.2, -0.15) is 5.10 Å². The van der Waals surface area contributed by atoms with Gasteiger partial charge in [-0.15, -0.1) is 0 Å². The normalized spacial score (nSPS) is 17.9. The van der Waals surface area contributed by atoms with E-state index in [-0.39, 0.29) is 11.8 Å². The van der Waals surface area contributed by atoms with Crippen molar-refractivity contribution in [2.24, 2.45) is 0 Å². The van der Waals surface area contributed by atoms with Crippen LogP contribution in [0.15, 0.2) is 24.3 Å². The summed E-state index contributed by atoms with van der Waals surface area (Å²) in [6, 6.07) is 7.31. The molecular formula is C23H31ClN6O2. The van der Waals surface area contributed by atoms with Crippen LogP contribution in [0.2, 0.25) is 5.02 Å². The Labute approximate surface area is 194 Å². The number of hydrogen-bond acceptors (Lipinski definition) is 5. The SMILES string of the molecule is Cc1cc2n(n1)CCC(=O)N2[C@@H](C)C(=O)NCCN1CCN(c2cc(Cl)ccc2C)CC1. The van der Waals surface area contributed by atoms with Crippen LogP contribution in [0.1, 0.15) is 24.6 Å². The van der Waals surface area contributed by atoms with Crippen molar-refractivity contribution in [1.29, 1.82) is 0 Å². The van der Waals surface area contributed by atoms with Gasteiger partial charge < -0.3 is 10.2 Å². The van der Waals surface area contributed by atoms with E-state index in [9.17, 15) is 9.59 Å². The Kier molecular flexibility index (Phi) is 6.71. The van der Waals surface area contributed by atoms with Crippen molar-refractivity contribution in [3.05, 3.63) is 40.5 Å². The molecule has 2 aromatic rings. The molecule has 1 fully saturated rings. The lowest BCUT2D eigenvalue weighted by Crippen LogP contribution is -2.52. The highest BCUT2D eigenvalue weighted by Crippen LogP contribution is 2.26. The first-order valence-corrected chi connectivity index (χ1v) is 11.6. The molecule has 1 aromatic carbocycles. The minimum Gasteiger partial charge on any atom is -0.369 e.